The van der Waals surface area contributed by atoms with E-state index in [1.807, 2.05) is 14.1 Å². The first-order valence-corrected chi connectivity index (χ1v) is 13.4. The van der Waals surface area contributed by atoms with E-state index >= 15 is 0 Å². The van der Waals surface area contributed by atoms with Crippen LogP contribution in [0.4, 0.5) is 0 Å². The zero-order valence-corrected chi connectivity index (χ0v) is 21.9. The Morgan fingerprint density at radius 1 is 0.842 bits per heavy atom. The molecule has 2 aromatic heterocycles. The summed E-state index contributed by atoms with van der Waals surface area (Å²) in [6, 6.07) is 11.0. The molecular weight excluding hydrogens is 480 g/mol. The third-order valence-electron chi connectivity index (χ3n) is 7.73. The molecule has 0 bridgehead atoms. The van der Waals surface area contributed by atoms with Crippen molar-refractivity contribution in [3.05, 3.63) is 83.1 Å². The molecule has 3 atom stereocenters. The molecule has 1 unspecified atom stereocenters. The van der Waals surface area contributed by atoms with Gasteiger partial charge in [0.15, 0.2) is 0 Å². The van der Waals surface area contributed by atoms with Gasteiger partial charge in [-0.05, 0) is 84.8 Å². The number of rotatable bonds is 7. The summed E-state index contributed by atoms with van der Waals surface area (Å²) in [7, 11) is 3.94. The van der Waals surface area contributed by atoms with Gasteiger partial charge in [0.2, 0.25) is 0 Å². The maximum absolute atomic E-state index is 6.93. The number of likely N-dealkylation sites (N-methyl/N-ethyl adjacent to an activating group) is 2. The van der Waals surface area contributed by atoms with E-state index in [0.29, 0.717) is 6.54 Å². The average Bonchev–Trinajstić information content (AvgIpc) is 3.60. The highest BCUT2D eigenvalue weighted by molar-refractivity contribution is 5.70. The molecule has 0 aliphatic carbocycles. The predicted molar refractivity (Wildman–Crippen MR) is 144 cm³/mol. The Bertz CT molecular complexity index is 1350. The third-order valence-corrected chi connectivity index (χ3v) is 7.73. The van der Waals surface area contributed by atoms with E-state index in [0.717, 1.165) is 66.7 Å². The highest BCUT2D eigenvalue weighted by Crippen LogP contribution is 2.43. The van der Waals surface area contributed by atoms with Gasteiger partial charge in [0.1, 0.15) is 12.5 Å². The number of aromatic nitrogens is 2. The van der Waals surface area contributed by atoms with E-state index in [2.05, 4.69) is 51.3 Å². The summed E-state index contributed by atoms with van der Waals surface area (Å²) in [5.74, 6) is 0. The summed E-state index contributed by atoms with van der Waals surface area (Å²) in [5, 5.41) is 14.6. The Labute approximate surface area is 222 Å². The zero-order chi connectivity index (χ0) is 25.9. The van der Waals surface area contributed by atoms with Crippen molar-refractivity contribution in [2.75, 3.05) is 33.8 Å². The van der Waals surface area contributed by atoms with Gasteiger partial charge in [-0.15, -0.1) is 0 Å². The van der Waals surface area contributed by atoms with Crippen molar-refractivity contribution in [1.29, 1.82) is 0 Å². The van der Waals surface area contributed by atoms with Crippen LogP contribution < -0.4 is 10.6 Å². The predicted octanol–water partition coefficient (Wildman–Crippen LogP) is 5.18. The van der Waals surface area contributed by atoms with Crippen LogP contribution in [0.2, 0.25) is 0 Å². The van der Waals surface area contributed by atoms with Crippen molar-refractivity contribution >= 4 is 0 Å². The number of hydrogen-bond donors (Lipinski definition) is 2. The number of fused-ring (bicyclic) bond motifs is 2. The molecule has 8 nitrogen and oxygen atoms in total. The summed E-state index contributed by atoms with van der Waals surface area (Å²) >= 11 is 0. The second kappa shape index (κ2) is 11.2. The van der Waals surface area contributed by atoms with E-state index in [9.17, 15) is 0 Å². The quantitative estimate of drug-likeness (QED) is 0.348. The molecule has 198 valence electrons. The molecule has 0 amide bonds. The minimum absolute atomic E-state index is 0.0210. The Kier molecular flexibility index (Phi) is 7.38. The van der Waals surface area contributed by atoms with E-state index in [1.54, 1.807) is 24.9 Å². The number of hydrogen-bond acceptors (Lipinski definition) is 8. The first-order chi connectivity index (χ1) is 18.8. The largest absolute Gasteiger partial charge is 0.372 e. The van der Waals surface area contributed by atoms with E-state index in [1.165, 1.54) is 22.3 Å². The van der Waals surface area contributed by atoms with Gasteiger partial charge in [-0.2, -0.15) is 0 Å². The first-order valence-electron chi connectivity index (χ1n) is 13.4. The normalized spacial score (nSPS) is 21.4. The lowest BCUT2D eigenvalue weighted by Gasteiger charge is -2.26. The van der Waals surface area contributed by atoms with Gasteiger partial charge in [-0.3, -0.25) is 0 Å². The van der Waals surface area contributed by atoms with Crippen LogP contribution in [0.3, 0.4) is 0 Å². The first kappa shape index (κ1) is 25.0. The molecule has 0 saturated carbocycles. The molecule has 4 aromatic rings. The van der Waals surface area contributed by atoms with E-state index in [4.69, 9.17) is 18.5 Å². The lowest BCUT2D eigenvalue weighted by Crippen LogP contribution is -2.22. The molecule has 8 heteroatoms. The smallest absolute Gasteiger partial charge is 0.131 e. The lowest BCUT2D eigenvalue weighted by atomic mass is 9.87. The molecule has 4 heterocycles. The molecule has 2 aliphatic heterocycles. The standard InChI is InChI=1S/C30H34N4O4/c1-31-15-29-27-12-19(11-26(21-14-34-37-18-21)23(27)7-4-10-35-29)28-9-8-24-22(20-13-33-36-17-20)5-3-6-25(24)30(38-28)16-32-2/h3,5-6,11-14,17-18,28-32H,4,7-10,15-16H2,1-2H3/t28?,29-,30+/m0/s1. The van der Waals surface area contributed by atoms with Crippen LogP contribution in [0.5, 0.6) is 0 Å². The topological polar surface area (TPSA) is 94.6 Å². The number of ether oxygens (including phenoxy) is 2. The van der Waals surface area contributed by atoms with Gasteiger partial charge in [0.25, 0.3) is 0 Å². The Hall–Kier alpha value is -3.30. The van der Waals surface area contributed by atoms with Crippen LogP contribution in [-0.4, -0.2) is 44.1 Å². The molecule has 0 spiro atoms. The van der Waals surface area contributed by atoms with Crippen LogP contribution in [0.25, 0.3) is 22.3 Å². The van der Waals surface area contributed by atoms with Crippen LogP contribution in [0.1, 0.15) is 59.0 Å². The van der Waals surface area contributed by atoms with Crippen LogP contribution in [0, 0.1) is 0 Å². The van der Waals surface area contributed by atoms with Gasteiger partial charge < -0.3 is 29.2 Å². The Morgan fingerprint density at radius 3 is 2.32 bits per heavy atom. The fourth-order valence-electron chi connectivity index (χ4n) is 5.98. The van der Waals surface area contributed by atoms with Gasteiger partial charge in [-0.25, -0.2) is 0 Å². The molecule has 2 N–H and O–H groups in total. The number of benzene rings is 2. The fraction of sp³-hybridized carbons (Fsp3) is 0.400. The molecule has 0 radical (unpaired) electrons. The average molecular weight is 515 g/mol. The van der Waals surface area contributed by atoms with Gasteiger partial charge in [0.05, 0.1) is 30.7 Å². The minimum Gasteiger partial charge on any atom is -0.372 e. The minimum atomic E-state index is -0.0930. The SMILES string of the molecule is CNC[C@@H]1OCCCc2c(-c3cnoc3)cc(C3CCc4c(-c5cnoc5)cccc4[C@@H](CNC)O3)cc21. The van der Waals surface area contributed by atoms with Gasteiger partial charge in [-0.1, -0.05) is 34.6 Å². The monoisotopic (exact) mass is 514 g/mol. The fourth-order valence-corrected chi connectivity index (χ4v) is 5.98. The highest BCUT2D eigenvalue weighted by atomic mass is 16.5. The molecule has 2 aliphatic rings. The van der Waals surface area contributed by atoms with Crippen molar-refractivity contribution in [3.63, 3.8) is 0 Å². The molecule has 2 aromatic carbocycles. The lowest BCUT2D eigenvalue weighted by molar-refractivity contribution is -0.0127. The second-order valence-corrected chi connectivity index (χ2v) is 10.1. The summed E-state index contributed by atoms with van der Waals surface area (Å²) in [5.41, 5.74) is 10.5. The number of nitrogens with one attached hydrogen (secondary N) is 2. The van der Waals surface area contributed by atoms with Gasteiger partial charge >= 0.3 is 0 Å². The maximum atomic E-state index is 6.93. The van der Waals surface area contributed by atoms with Crippen LogP contribution in [-0.2, 0) is 22.3 Å². The van der Waals surface area contributed by atoms with E-state index in [-0.39, 0.29) is 18.3 Å². The summed E-state index contributed by atoms with van der Waals surface area (Å²) < 4.78 is 23.7. The summed E-state index contributed by atoms with van der Waals surface area (Å²) in [6.45, 7) is 2.21. The van der Waals surface area contributed by atoms with Crippen molar-refractivity contribution in [1.82, 2.24) is 20.9 Å². The Balaban J connectivity index is 1.44. The Morgan fingerprint density at radius 2 is 1.58 bits per heavy atom. The van der Waals surface area contributed by atoms with Crippen molar-refractivity contribution < 1.29 is 18.5 Å². The van der Waals surface area contributed by atoms with Crippen LogP contribution >= 0.6 is 0 Å². The van der Waals surface area contributed by atoms with Gasteiger partial charge in [0, 0.05) is 30.8 Å². The van der Waals surface area contributed by atoms with E-state index < -0.39 is 0 Å². The second-order valence-electron chi connectivity index (χ2n) is 10.1. The van der Waals surface area contributed by atoms with Crippen molar-refractivity contribution in [3.8, 4) is 22.3 Å². The van der Waals surface area contributed by atoms with Crippen molar-refractivity contribution in [2.24, 2.45) is 0 Å². The molecule has 0 saturated heterocycles. The molecule has 6 rings (SSSR count). The molecular formula is C30H34N4O4. The highest BCUT2D eigenvalue weighted by Gasteiger charge is 2.30. The molecule has 0 fully saturated rings. The maximum Gasteiger partial charge on any atom is 0.131 e. The summed E-state index contributed by atoms with van der Waals surface area (Å²) in [6.07, 6.45) is 10.5. The zero-order valence-electron chi connectivity index (χ0n) is 21.9. The third kappa shape index (κ3) is 4.80. The van der Waals surface area contributed by atoms with Crippen LogP contribution in [0.15, 0.2) is 64.3 Å². The summed E-state index contributed by atoms with van der Waals surface area (Å²) in [4.78, 5) is 0. The van der Waals surface area contributed by atoms with Crippen molar-refractivity contribution in [2.45, 2.75) is 44.0 Å². The number of nitrogens with zero attached hydrogens (tertiary/aromatic N) is 2. The molecule has 38 heavy (non-hydrogen) atoms.